The maximum Gasteiger partial charge on any atom is 0.289 e. The van der Waals surface area contributed by atoms with E-state index in [2.05, 4.69) is 5.32 Å². The molecule has 2 amide bonds. The van der Waals surface area contributed by atoms with E-state index in [4.69, 9.17) is 9.15 Å². The third-order valence-corrected chi connectivity index (χ3v) is 4.32. The Labute approximate surface area is 158 Å². The number of rotatable bonds is 6. The quantitative estimate of drug-likeness (QED) is 0.844. The molecule has 0 aliphatic carbocycles. The number of carbonyl (C=O) groups excluding carboxylic acids is 2. The zero-order valence-corrected chi connectivity index (χ0v) is 15.7. The highest BCUT2D eigenvalue weighted by atomic mass is 16.5. The standard InChI is InChI=1S/C20H25N3O4/c1-15(2)27-17-7-5-16(6-8-17)21-14-19(24)22-9-11-23(12-10-22)20(25)18-4-3-13-26-18/h3-8,13,15,21H,9-12,14H2,1-2H3. The lowest BCUT2D eigenvalue weighted by atomic mass is 10.2. The molecule has 2 heterocycles. The summed E-state index contributed by atoms with van der Waals surface area (Å²) in [5.74, 6) is 1.03. The maximum absolute atomic E-state index is 12.4. The molecule has 1 aromatic heterocycles. The van der Waals surface area contributed by atoms with Crippen LogP contribution in [0.1, 0.15) is 24.4 Å². The molecular weight excluding hydrogens is 346 g/mol. The molecule has 2 aromatic rings. The molecule has 1 aliphatic rings. The number of piperazine rings is 1. The molecule has 27 heavy (non-hydrogen) atoms. The van der Waals surface area contributed by atoms with Crippen LogP contribution in [0.15, 0.2) is 47.1 Å². The van der Waals surface area contributed by atoms with Gasteiger partial charge in [0.25, 0.3) is 5.91 Å². The van der Waals surface area contributed by atoms with Crippen molar-refractivity contribution in [3.63, 3.8) is 0 Å². The highest BCUT2D eigenvalue weighted by molar-refractivity contribution is 5.91. The van der Waals surface area contributed by atoms with Crippen LogP contribution in [0.5, 0.6) is 5.75 Å². The Morgan fingerprint density at radius 3 is 2.33 bits per heavy atom. The molecule has 0 spiro atoms. The van der Waals surface area contributed by atoms with Gasteiger partial charge in [-0.25, -0.2) is 0 Å². The SMILES string of the molecule is CC(C)Oc1ccc(NCC(=O)N2CCN(C(=O)c3ccco3)CC2)cc1. The summed E-state index contributed by atoms with van der Waals surface area (Å²) in [4.78, 5) is 28.1. The normalized spacial score (nSPS) is 14.3. The number of furan rings is 1. The van der Waals surface area contributed by atoms with Gasteiger partial charge >= 0.3 is 0 Å². The van der Waals surface area contributed by atoms with Crippen LogP contribution in [0.3, 0.4) is 0 Å². The first kappa shape index (κ1) is 18.8. The number of carbonyl (C=O) groups is 2. The third-order valence-electron chi connectivity index (χ3n) is 4.32. The van der Waals surface area contributed by atoms with E-state index in [-0.39, 0.29) is 24.5 Å². The molecule has 0 bridgehead atoms. The summed E-state index contributed by atoms with van der Waals surface area (Å²) in [6, 6.07) is 10.9. The van der Waals surface area contributed by atoms with Crippen LogP contribution in [0.4, 0.5) is 5.69 Å². The summed E-state index contributed by atoms with van der Waals surface area (Å²) in [6.45, 7) is 6.23. The van der Waals surface area contributed by atoms with Gasteiger partial charge < -0.3 is 24.3 Å². The van der Waals surface area contributed by atoms with Crippen LogP contribution in [0.2, 0.25) is 0 Å². The van der Waals surface area contributed by atoms with E-state index in [0.717, 1.165) is 11.4 Å². The molecule has 144 valence electrons. The summed E-state index contributed by atoms with van der Waals surface area (Å²) in [5, 5.41) is 3.14. The zero-order valence-electron chi connectivity index (χ0n) is 15.7. The summed E-state index contributed by atoms with van der Waals surface area (Å²) in [6.07, 6.45) is 1.61. The van der Waals surface area contributed by atoms with Crippen LogP contribution < -0.4 is 10.1 Å². The van der Waals surface area contributed by atoms with Crippen LogP contribution in [0.25, 0.3) is 0 Å². The number of hydrogen-bond acceptors (Lipinski definition) is 5. The average molecular weight is 371 g/mol. The van der Waals surface area contributed by atoms with Crippen molar-refractivity contribution < 1.29 is 18.7 Å². The Morgan fingerprint density at radius 1 is 1.07 bits per heavy atom. The fraction of sp³-hybridized carbons (Fsp3) is 0.400. The van der Waals surface area contributed by atoms with Gasteiger partial charge in [0.05, 0.1) is 18.9 Å². The predicted octanol–water partition coefficient (Wildman–Crippen LogP) is 2.46. The Hall–Kier alpha value is -2.96. The second-order valence-corrected chi connectivity index (χ2v) is 6.69. The minimum atomic E-state index is -0.131. The Bertz CT molecular complexity index is 748. The molecule has 7 heteroatoms. The van der Waals surface area contributed by atoms with Gasteiger partial charge in [-0.15, -0.1) is 0 Å². The minimum Gasteiger partial charge on any atom is -0.491 e. The van der Waals surface area contributed by atoms with Gasteiger partial charge in [-0.1, -0.05) is 0 Å². The number of benzene rings is 1. The molecular formula is C20H25N3O4. The fourth-order valence-electron chi connectivity index (χ4n) is 2.93. The molecule has 0 radical (unpaired) electrons. The summed E-state index contributed by atoms with van der Waals surface area (Å²) in [5.41, 5.74) is 0.867. The van der Waals surface area contributed by atoms with Gasteiger partial charge in [0, 0.05) is 31.9 Å². The molecule has 1 aliphatic heterocycles. The van der Waals surface area contributed by atoms with E-state index in [1.54, 1.807) is 21.9 Å². The molecule has 1 fully saturated rings. The Balaban J connectivity index is 1.43. The van der Waals surface area contributed by atoms with Crippen molar-refractivity contribution in [2.24, 2.45) is 0 Å². The number of nitrogens with zero attached hydrogens (tertiary/aromatic N) is 2. The van der Waals surface area contributed by atoms with E-state index >= 15 is 0 Å². The first-order valence-electron chi connectivity index (χ1n) is 9.14. The maximum atomic E-state index is 12.4. The van der Waals surface area contributed by atoms with Crippen molar-refractivity contribution in [1.29, 1.82) is 0 Å². The van der Waals surface area contributed by atoms with Crippen LogP contribution in [-0.2, 0) is 4.79 Å². The van der Waals surface area contributed by atoms with Gasteiger partial charge in [-0.2, -0.15) is 0 Å². The lowest BCUT2D eigenvalue weighted by molar-refractivity contribution is -0.130. The van der Waals surface area contributed by atoms with Crippen molar-refractivity contribution in [1.82, 2.24) is 9.80 Å². The highest BCUT2D eigenvalue weighted by Crippen LogP contribution is 2.17. The lowest BCUT2D eigenvalue weighted by Crippen LogP contribution is -2.51. The second kappa shape index (κ2) is 8.62. The van der Waals surface area contributed by atoms with Gasteiger partial charge in [0.1, 0.15) is 5.75 Å². The number of nitrogens with one attached hydrogen (secondary N) is 1. The largest absolute Gasteiger partial charge is 0.491 e. The third kappa shape index (κ3) is 5.03. The van der Waals surface area contributed by atoms with Crippen molar-refractivity contribution in [3.8, 4) is 5.75 Å². The van der Waals surface area contributed by atoms with Gasteiger partial charge in [0.2, 0.25) is 5.91 Å². The number of anilines is 1. The molecule has 0 saturated carbocycles. The van der Waals surface area contributed by atoms with Gasteiger partial charge in [-0.3, -0.25) is 9.59 Å². The van der Waals surface area contributed by atoms with Crippen LogP contribution in [0, 0.1) is 0 Å². The van der Waals surface area contributed by atoms with Crippen molar-refractivity contribution >= 4 is 17.5 Å². The zero-order chi connectivity index (χ0) is 19.2. The molecule has 1 aromatic carbocycles. The average Bonchev–Trinajstić information content (AvgIpc) is 3.21. The number of hydrogen-bond donors (Lipinski definition) is 1. The first-order valence-corrected chi connectivity index (χ1v) is 9.14. The van der Waals surface area contributed by atoms with Crippen LogP contribution >= 0.6 is 0 Å². The molecule has 3 rings (SSSR count). The van der Waals surface area contributed by atoms with E-state index in [9.17, 15) is 9.59 Å². The summed E-state index contributed by atoms with van der Waals surface area (Å²) in [7, 11) is 0. The van der Waals surface area contributed by atoms with Gasteiger partial charge in [-0.05, 0) is 50.2 Å². The van der Waals surface area contributed by atoms with Crippen LogP contribution in [-0.4, -0.2) is 60.4 Å². The smallest absolute Gasteiger partial charge is 0.289 e. The monoisotopic (exact) mass is 371 g/mol. The van der Waals surface area contributed by atoms with Gasteiger partial charge in [0.15, 0.2) is 5.76 Å². The van der Waals surface area contributed by atoms with E-state index in [1.165, 1.54) is 6.26 Å². The summed E-state index contributed by atoms with van der Waals surface area (Å²) >= 11 is 0. The highest BCUT2D eigenvalue weighted by Gasteiger charge is 2.25. The topological polar surface area (TPSA) is 75.0 Å². The Kier molecular flexibility index (Phi) is 6.01. The van der Waals surface area contributed by atoms with Crippen molar-refractivity contribution in [2.45, 2.75) is 20.0 Å². The Morgan fingerprint density at radius 2 is 1.74 bits per heavy atom. The minimum absolute atomic E-state index is 0.0163. The molecule has 0 atom stereocenters. The lowest BCUT2D eigenvalue weighted by Gasteiger charge is -2.34. The van der Waals surface area contributed by atoms with E-state index in [1.807, 2.05) is 38.1 Å². The number of amides is 2. The fourth-order valence-corrected chi connectivity index (χ4v) is 2.93. The second-order valence-electron chi connectivity index (χ2n) is 6.69. The predicted molar refractivity (Wildman–Crippen MR) is 102 cm³/mol. The van der Waals surface area contributed by atoms with E-state index < -0.39 is 0 Å². The molecule has 1 saturated heterocycles. The molecule has 7 nitrogen and oxygen atoms in total. The van der Waals surface area contributed by atoms with E-state index in [0.29, 0.717) is 31.9 Å². The molecule has 0 unspecified atom stereocenters. The first-order chi connectivity index (χ1) is 13.0. The number of ether oxygens (including phenoxy) is 1. The van der Waals surface area contributed by atoms with Crippen molar-refractivity contribution in [3.05, 3.63) is 48.4 Å². The van der Waals surface area contributed by atoms with Crippen molar-refractivity contribution in [2.75, 3.05) is 38.0 Å². The molecule has 1 N–H and O–H groups in total. The summed E-state index contributed by atoms with van der Waals surface area (Å²) < 4.78 is 10.8.